The number of hydrogen-bond acceptors (Lipinski definition) is 7. The predicted octanol–water partition coefficient (Wildman–Crippen LogP) is 2.56. The third-order valence-electron chi connectivity index (χ3n) is 6.47. The Morgan fingerprint density at radius 2 is 1.71 bits per heavy atom. The Morgan fingerprint density at radius 3 is 2.46 bits per heavy atom. The van der Waals surface area contributed by atoms with Crippen LogP contribution in [0.3, 0.4) is 0 Å². The number of nitrogens with zero attached hydrogens (tertiary/aromatic N) is 1. The summed E-state index contributed by atoms with van der Waals surface area (Å²) in [5.74, 6) is 1.50. The van der Waals surface area contributed by atoms with Crippen molar-refractivity contribution in [1.29, 1.82) is 0 Å². The number of fused-ring (bicyclic) bond motifs is 2. The summed E-state index contributed by atoms with van der Waals surface area (Å²) in [7, 11) is -3.52. The number of hydrogen-bond donors (Lipinski definition) is 1. The van der Waals surface area contributed by atoms with E-state index in [4.69, 9.17) is 14.2 Å². The summed E-state index contributed by atoms with van der Waals surface area (Å²) in [6.45, 7) is 3.58. The smallest absolute Gasteiger partial charge is 0.243 e. The van der Waals surface area contributed by atoms with E-state index >= 15 is 0 Å². The van der Waals surface area contributed by atoms with Crippen LogP contribution in [0.15, 0.2) is 47.4 Å². The summed E-state index contributed by atoms with van der Waals surface area (Å²) >= 11 is 0. The molecular weight excluding hydrogens is 468 g/mol. The minimum absolute atomic E-state index is 0.0116. The second kappa shape index (κ2) is 10.4. The van der Waals surface area contributed by atoms with Crippen molar-refractivity contribution in [3.8, 4) is 11.5 Å². The van der Waals surface area contributed by atoms with E-state index in [9.17, 15) is 13.2 Å². The fourth-order valence-electron chi connectivity index (χ4n) is 4.53. The van der Waals surface area contributed by atoms with E-state index in [-0.39, 0.29) is 10.7 Å². The van der Waals surface area contributed by atoms with Gasteiger partial charge >= 0.3 is 0 Å². The van der Waals surface area contributed by atoms with E-state index in [1.165, 1.54) is 4.31 Å². The van der Waals surface area contributed by atoms with E-state index < -0.39 is 10.0 Å². The fraction of sp³-hybridized carbons (Fsp3) is 0.423. The average molecular weight is 499 g/mol. The number of carbonyl (C=O) groups excluding carboxylic acids is 1. The molecule has 0 spiro atoms. The largest absolute Gasteiger partial charge is 0.490 e. The lowest BCUT2D eigenvalue weighted by Crippen LogP contribution is -2.40. The molecule has 5 rings (SSSR count). The highest BCUT2D eigenvalue weighted by atomic mass is 32.2. The Morgan fingerprint density at radius 1 is 1.00 bits per heavy atom. The molecule has 0 bridgehead atoms. The van der Waals surface area contributed by atoms with E-state index in [1.807, 2.05) is 12.1 Å². The van der Waals surface area contributed by atoms with Crippen LogP contribution in [0.4, 0.5) is 0 Å². The SMILES string of the molecule is O=C(/C=C1\NCCc2cc3c(cc21)OCCCO3)CCc1ccc(S(=O)(=O)N2CCOCC2)cc1. The quantitative estimate of drug-likeness (QED) is 0.612. The van der Waals surface area contributed by atoms with Gasteiger partial charge in [-0.2, -0.15) is 4.31 Å². The molecule has 35 heavy (non-hydrogen) atoms. The lowest BCUT2D eigenvalue weighted by Gasteiger charge is -2.26. The molecule has 1 fully saturated rings. The fourth-order valence-corrected chi connectivity index (χ4v) is 5.94. The van der Waals surface area contributed by atoms with Crippen molar-refractivity contribution in [3.63, 3.8) is 0 Å². The van der Waals surface area contributed by atoms with Gasteiger partial charge in [-0.3, -0.25) is 4.79 Å². The maximum absolute atomic E-state index is 12.8. The van der Waals surface area contributed by atoms with Gasteiger partial charge in [0.2, 0.25) is 10.0 Å². The zero-order valence-corrected chi connectivity index (χ0v) is 20.4. The van der Waals surface area contributed by atoms with Crippen molar-refractivity contribution in [2.45, 2.75) is 30.6 Å². The summed E-state index contributed by atoms with van der Waals surface area (Å²) in [5, 5.41) is 3.35. The number of carbonyl (C=O) groups is 1. The highest BCUT2D eigenvalue weighted by Gasteiger charge is 2.26. The van der Waals surface area contributed by atoms with Crippen LogP contribution >= 0.6 is 0 Å². The molecule has 3 aliphatic heterocycles. The predicted molar refractivity (Wildman–Crippen MR) is 131 cm³/mol. The minimum Gasteiger partial charge on any atom is -0.490 e. The molecule has 9 heteroatoms. The van der Waals surface area contributed by atoms with Gasteiger partial charge in [-0.15, -0.1) is 0 Å². The number of allylic oxidation sites excluding steroid dienone is 1. The molecule has 1 N–H and O–H groups in total. The van der Waals surface area contributed by atoms with Gasteiger partial charge in [-0.1, -0.05) is 12.1 Å². The van der Waals surface area contributed by atoms with Crippen molar-refractivity contribution in [1.82, 2.24) is 9.62 Å². The molecule has 8 nitrogen and oxygen atoms in total. The Balaban J connectivity index is 1.24. The van der Waals surface area contributed by atoms with Gasteiger partial charge in [-0.05, 0) is 48.2 Å². The first kappa shape index (κ1) is 23.8. The first-order valence-electron chi connectivity index (χ1n) is 12.1. The molecule has 1 saturated heterocycles. The van der Waals surface area contributed by atoms with E-state index in [2.05, 4.69) is 5.32 Å². The van der Waals surface area contributed by atoms with Crippen molar-refractivity contribution in [3.05, 3.63) is 59.2 Å². The van der Waals surface area contributed by atoms with Crippen LogP contribution < -0.4 is 14.8 Å². The van der Waals surface area contributed by atoms with Crippen LogP contribution in [0, 0.1) is 0 Å². The van der Waals surface area contributed by atoms with Crippen LogP contribution in [0.2, 0.25) is 0 Å². The molecule has 186 valence electrons. The standard InChI is InChI=1S/C26H30N2O6S/c29-21(5-2-19-3-6-22(7-4-19)35(30,31)28-10-14-32-15-11-28)17-24-23-18-26-25(33-12-1-13-34-26)16-20(23)8-9-27-24/h3-4,6-7,16-18,27H,1-2,5,8-15H2/b24-17-. The van der Waals surface area contributed by atoms with Crippen molar-refractivity contribution < 1.29 is 27.4 Å². The third-order valence-corrected chi connectivity index (χ3v) is 8.38. The molecule has 0 aliphatic carbocycles. The monoisotopic (exact) mass is 498 g/mol. The minimum atomic E-state index is -3.52. The van der Waals surface area contributed by atoms with Gasteiger partial charge in [0.05, 0.1) is 31.3 Å². The normalized spacial score (nSPS) is 19.5. The number of aryl methyl sites for hydroxylation is 1. The van der Waals surface area contributed by atoms with Crippen LogP contribution in [0.25, 0.3) is 5.70 Å². The molecule has 3 aliphatic rings. The van der Waals surface area contributed by atoms with E-state index in [0.29, 0.717) is 52.4 Å². The van der Waals surface area contributed by atoms with Crippen LogP contribution in [-0.4, -0.2) is 64.6 Å². The van der Waals surface area contributed by atoms with Crippen molar-refractivity contribution in [2.75, 3.05) is 46.1 Å². The molecular formula is C26H30N2O6S. The number of ether oxygens (including phenoxy) is 3. The van der Waals surface area contributed by atoms with Crippen LogP contribution in [0.5, 0.6) is 11.5 Å². The number of sulfonamides is 1. The van der Waals surface area contributed by atoms with E-state index in [0.717, 1.165) is 53.3 Å². The zero-order chi connectivity index (χ0) is 24.3. The summed E-state index contributed by atoms with van der Waals surface area (Å²) in [5.41, 5.74) is 3.85. The molecule has 0 unspecified atom stereocenters. The summed E-state index contributed by atoms with van der Waals surface area (Å²) in [6.07, 6.45) is 4.24. The molecule has 0 saturated carbocycles. The van der Waals surface area contributed by atoms with Crippen molar-refractivity contribution in [2.24, 2.45) is 0 Å². The van der Waals surface area contributed by atoms with Gasteiger partial charge in [0, 0.05) is 49.8 Å². The maximum Gasteiger partial charge on any atom is 0.243 e. The zero-order valence-electron chi connectivity index (χ0n) is 19.6. The lowest BCUT2D eigenvalue weighted by molar-refractivity contribution is -0.114. The number of morpholine rings is 1. The molecule has 0 radical (unpaired) electrons. The number of rotatable bonds is 6. The third kappa shape index (κ3) is 5.37. The molecule has 2 aromatic carbocycles. The second-order valence-corrected chi connectivity index (χ2v) is 10.8. The molecule has 3 heterocycles. The Labute approximate surface area is 205 Å². The Kier molecular flexibility index (Phi) is 7.08. The van der Waals surface area contributed by atoms with Gasteiger partial charge in [0.15, 0.2) is 17.3 Å². The molecule has 2 aromatic rings. The van der Waals surface area contributed by atoms with Crippen LogP contribution in [0.1, 0.15) is 29.5 Å². The topological polar surface area (TPSA) is 94.2 Å². The summed E-state index contributed by atoms with van der Waals surface area (Å²) < 4.78 is 43.9. The molecule has 0 amide bonds. The first-order valence-corrected chi connectivity index (χ1v) is 13.5. The second-order valence-electron chi connectivity index (χ2n) is 8.87. The maximum atomic E-state index is 12.8. The number of nitrogens with one attached hydrogen (secondary N) is 1. The number of ketones is 1. The van der Waals surface area contributed by atoms with Crippen molar-refractivity contribution >= 4 is 21.5 Å². The average Bonchev–Trinajstić information content (AvgIpc) is 3.12. The highest BCUT2D eigenvalue weighted by Crippen LogP contribution is 2.36. The van der Waals surface area contributed by atoms with Gasteiger partial charge < -0.3 is 19.5 Å². The molecule has 0 aromatic heterocycles. The lowest BCUT2D eigenvalue weighted by atomic mass is 9.96. The summed E-state index contributed by atoms with van der Waals surface area (Å²) in [6, 6.07) is 10.8. The summed E-state index contributed by atoms with van der Waals surface area (Å²) in [4.78, 5) is 13.1. The van der Waals surface area contributed by atoms with Gasteiger partial charge in [0.1, 0.15) is 0 Å². The van der Waals surface area contributed by atoms with E-state index in [1.54, 1.807) is 30.3 Å². The Bertz CT molecular complexity index is 1220. The molecule has 0 atom stereocenters. The highest BCUT2D eigenvalue weighted by molar-refractivity contribution is 7.89. The van der Waals surface area contributed by atoms with Gasteiger partial charge in [-0.25, -0.2) is 8.42 Å². The Hall–Kier alpha value is -2.88. The van der Waals surface area contributed by atoms with Crippen LogP contribution in [-0.2, 0) is 32.4 Å². The first-order chi connectivity index (χ1) is 17.0. The van der Waals surface area contributed by atoms with Gasteiger partial charge in [0.25, 0.3) is 0 Å². The number of benzene rings is 2.